The quantitative estimate of drug-likeness (QED) is 0.491. The highest BCUT2D eigenvalue weighted by Gasteiger charge is 2.12. The second-order valence-electron chi connectivity index (χ2n) is 2.97. The number of carbonyl (C=O) groups is 1. The maximum Gasteiger partial charge on any atom is 0.320 e. The molecule has 0 radical (unpaired) electrons. The minimum absolute atomic E-state index is 0. The summed E-state index contributed by atoms with van der Waals surface area (Å²) in [6.45, 7) is 0. The second kappa shape index (κ2) is 5.18. The molecule has 0 spiro atoms. The Kier molecular flexibility index (Phi) is 4.56. The molecule has 0 saturated heterocycles. The molecule has 0 amide bonds. The average Bonchev–Trinajstić information content (AvgIpc) is 2.11. The van der Waals surface area contributed by atoms with Crippen molar-refractivity contribution in [2.24, 2.45) is 5.73 Å². The van der Waals surface area contributed by atoms with Gasteiger partial charge >= 0.3 is 5.97 Å². The Morgan fingerprint density at radius 3 is 2.40 bits per heavy atom. The van der Waals surface area contributed by atoms with Crippen LogP contribution in [0.3, 0.4) is 0 Å². The smallest absolute Gasteiger partial charge is 0.320 e. The number of rotatable bonds is 3. The molecule has 0 aliphatic rings. The van der Waals surface area contributed by atoms with Crippen LogP contribution in [0.1, 0.15) is 5.56 Å². The van der Waals surface area contributed by atoms with Gasteiger partial charge in [0, 0.05) is 0 Å². The van der Waals surface area contributed by atoms with Crippen molar-refractivity contribution in [2.75, 3.05) is 0 Å². The maximum absolute atomic E-state index is 10.4. The lowest BCUT2D eigenvalue weighted by atomic mass is 10.1. The Morgan fingerprint density at radius 1 is 1.33 bits per heavy atom. The summed E-state index contributed by atoms with van der Waals surface area (Å²) in [4.78, 5) is 10.4. The molecule has 7 N–H and O–H groups in total. The van der Waals surface area contributed by atoms with E-state index >= 15 is 0 Å². The summed E-state index contributed by atoms with van der Waals surface area (Å²) in [6, 6.07) is 3.09. The molecule has 0 aromatic heterocycles. The van der Waals surface area contributed by atoms with E-state index in [2.05, 4.69) is 0 Å². The van der Waals surface area contributed by atoms with Crippen LogP contribution < -0.4 is 5.73 Å². The predicted molar refractivity (Wildman–Crippen MR) is 52.7 cm³/mol. The number of phenols is 2. The van der Waals surface area contributed by atoms with Crippen LogP contribution in [0.25, 0.3) is 0 Å². The Morgan fingerprint density at radius 2 is 1.93 bits per heavy atom. The zero-order valence-corrected chi connectivity index (χ0v) is 7.84. The lowest BCUT2D eigenvalue weighted by molar-refractivity contribution is -0.138. The number of carboxylic acids is 1. The van der Waals surface area contributed by atoms with Crippen LogP contribution in [0.2, 0.25) is 0 Å². The SMILES string of the molecule is NC(Cc1ccc(O)c(O)c1)C(=O)O.O. The summed E-state index contributed by atoms with van der Waals surface area (Å²) in [6.07, 6.45) is 0.114. The highest BCUT2D eigenvalue weighted by atomic mass is 16.4. The van der Waals surface area contributed by atoms with E-state index in [1.807, 2.05) is 0 Å². The highest BCUT2D eigenvalue weighted by Crippen LogP contribution is 2.25. The summed E-state index contributed by atoms with van der Waals surface area (Å²) in [5.41, 5.74) is 5.86. The molecule has 1 rings (SSSR count). The van der Waals surface area contributed by atoms with Crippen molar-refractivity contribution >= 4 is 5.97 Å². The first-order valence-electron chi connectivity index (χ1n) is 4.00. The van der Waals surface area contributed by atoms with E-state index in [0.717, 1.165) is 0 Å². The first kappa shape index (κ1) is 13.2. The molecule has 0 aliphatic carbocycles. The van der Waals surface area contributed by atoms with E-state index in [9.17, 15) is 4.79 Å². The van der Waals surface area contributed by atoms with E-state index in [1.54, 1.807) is 0 Å². The van der Waals surface area contributed by atoms with Gasteiger partial charge in [0.1, 0.15) is 6.04 Å². The van der Waals surface area contributed by atoms with Crippen LogP contribution in [-0.2, 0) is 11.2 Å². The molecular weight excluding hydrogens is 202 g/mol. The monoisotopic (exact) mass is 215 g/mol. The standard InChI is InChI=1S/C9H11NO4.H2O/c10-6(9(13)14)3-5-1-2-7(11)8(12)4-5;/h1-2,4,6,11-12H,3,10H2,(H,13,14);1H2. The number of hydrogen-bond donors (Lipinski definition) is 4. The van der Waals surface area contributed by atoms with Gasteiger partial charge in [-0.05, 0) is 24.1 Å². The summed E-state index contributed by atoms with van der Waals surface area (Å²) >= 11 is 0. The van der Waals surface area contributed by atoms with Crippen LogP contribution in [-0.4, -0.2) is 32.8 Å². The highest BCUT2D eigenvalue weighted by molar-refractivity contribution is 5.73. The molecule has 6 heteroatoms. The fourth-order valence-corrected chi connectivity index (χ4v) is 1.04. The summed E-state index contributed by atoms with van der Waals surface area (Å²) in [5, 5.41) is 26.6. The minimum atomic E-state index is -1.10. The van der Waals surface area contributed by atoms with Crippen molar-refractivity contribution in [3.63, 3.8) is 0 Å². The fraction of sp³-hybridized carbons (Fsp3) is 0.222. The van der Waals surface area contributed by atoms with Crippen molar-refractivity contribution < 1.29 is 25.6 Å². The van der Waals surface area contributed by atoms with E-state index in [4.69, 9.17) is 21.1 Å². The second-order valence-corrected chi connectivity index (χ2v) is 2.97. The maximum atomic E-state index is 10.4. The Bertz CT molecular complexity index is 352. The number of nitrogens with two attached hydrogens (primary N) is 1. The minimum Gasteiger partial charge on any atom is -0.504 e. The van der Waals surface area contributed by atoms with Gasteiger partial charge < -0.3 is 26.5 Å². The first-order valence-corrected chi connectivity index (χ1v) is 4.00. The molecule has 15 heavy (non-hydrogen) atoms. The van der Waals surface area contributed by atoms with Gasteiger partial charge in [-0.2, -0.15) is 0 Å². The lowest BCUT2D eigenvalue weighted by Crippen LogP contribution is -2.32. The molecule has 0 aliphatic heterocycles. The van der Waals surface area contributed by atoms with Gasteiger partial charge in [0.15, 0.2) is 11.5 Å². The average molecular weight is 215 g/mol. The molecular formula is C9H13NO5. The normalized spacial score (nSPS) is 11.5. The van der Waals surface area contributed by atoms with Crippen LogP contribution in [0.15, 0.2) is 18.2 Å². The number of carboxylic acid groups (broad SMARTS) is 1. The van der Waals surface area contributed by atoms with E-state index < -0.39 is 12.0 Å². The van der Waals surface area contributed by atoms with Crippen molar-refractivity contribution in [1.29, 1.82) is 0 Å². The number of aromatic hydroxyl groups is 2. The van der Waals surface area contributed by atoms with Crippen LogP contribution in [0, 0.1) is 0 Å². The van der Waals surface area contributed by atoms with Gasteiger partial charge in [0.05, 0.1) is 0 Å². The number of phenolic OH excluding ortho intramolecular Hbond substituents is 2. The third kappa shape index (κ3) is 3.45. The van der Waals surface area contributed by atoms with Crippen molar-refractivity contribution in [3.05, 3.63) is 23.8 Å². The predicted octanol–water partition coefficient (Wildman–Crippen LogP) is -0.772. The fourth-order valence-electron chi connectivity index (χ4n) is 1.04. The Balaban J connectivity index is 0.00000196. The molecule has 1 aromatic carbocycles. The van der Waals surface area contributed by atoms with E-state index in [-0.39, 0.29) is 23.4 Å². The molecule has 6 nitrogen and oxygen atoms in total. The molecule has 0 bridgehead atoms. The van der Waals surface area contributed by atoms with Crippen molar-refractivity contribution in [3.8, 4) is 11.5 Å². The molecule has 0 saturated carbocycles. The molecule has 0 heterocycles. The van der Waals surface area contributed by atoms with Gasteiger partial charge in [-0.1, -0.05) is 6.07 Å². The molecule has 1 atom stereocenters. The van der Waals surface area contributed by atoms with Crippen molar-refractivity contribution in [1.82, 2.24) is 0 Å². The zero-order valence-electron chi connectivity index (χ0n) is 7.84. The summed E-state index contributed by atoms with van der Waals surface area (Å²) in [7, 11) is 0. The van der Waals surface area contributed by atoms with Gasteiger partial charge in [-0.3, -0.25) is 4.79 Å². The topological polar surface area (TPSA) is 135 Å². The Hall–Kier alpha value is -1.79. The summed E-state index contributed by atoms with van der Waals surface area (Å²) in [5.74, 6) is -1.62. The van der Waals surface area contributed by atoms with Crippen molar-refractivity contribution in [2.45, 2.75) is 12.5 Å². The first-order chi connectivity index (χ1) is 6.50. The van der Waals surface area contributed by atoms with E-state index in [0.29, 0.717) is 5.56 Å². The van der Waals surface area contributed by atoms with Crippen LogP contribution in [0.5, 0.6) is 11.5 Å². The van der Waals surface area contributed by atoms with Gasteiger partial charge in [-0.25, -0.2) is 0 Å². The van der Waals surface area contributed by atoms with Gasteiger partial charge in [0.25, 0.3) is 0 Å². The van der Waals surface area contributed by atoms with Crippen LogP contribution in [0.4, 0.5) is 0 Å². The van der Waals surface area contributed by atoms with Gasteiger partial charge in [0.2, 0.25) is 0 Å². The number of hydrogen-bond acceptors (Lipinski definition) is 4. The van der Waals surface area contributed by atoms with E-state index in [1.165, 1.54) is 18.2 Å². The lowest BCUT2D eigenvalue weighted by Gasteiger charge is -2.06. The number of aliphatic carboxylic acids is 1. The number of benzene rings is 1. The summed E-state index contributed by atoms with van der Waals surface area (Å²) < 4.78 is 0. The molecule has 0 fully saturated rings. The molecule has 84 valence electrons. The van der Waals surface area contributed by atoms with Gasteiger partial charge in [-0.15, -0.1) is 0 Å². The molecule has 1 unspecified atom stereocenters. The molecule has 1 aromatic rings. The zero-order chi connectivity index (χ0) is 10.7. The largest absolute Gasteiger partial charge is 0.504 e. The van der Waals surface area contributed by atoms with Crippen LogP contribution >= 0.6 is 0 Å². The third-order valence-corrected chi connectivity index (χ3v) is 1.81. The Labute approximate surface area is 85.9 Å². The third-order valence-electron chi connectivity index (χ3n) is 1.81.